The number of hydrogen-bond acceptors (Lipinski definition) is 3. The minimum absolute atomic E-state index is 0.191. The maximum Gasteiger partial charge on any atom is 0.270 e. The largest absolute Gasteiger partial charge is 0.298 e. The molecule has 0 bridgehead atoms. The van der Waals surface area contributed by atoms with Crippen LogP contribution in [0, 0.1) is 0 Å². The average molecular weight is 408 g/mol. The number of amides is 1. The average Bonchev–Trinajstić information content (AvgIpc) is 3.51. The highest BCUT2D eigenvalue weighted by atomic mass is 79.9. The minimum Gasteiger partial charge on any atom is -0.298 e. The molecule has 2 N–H and O–H groups in total. The Morgan fingerprint density at radius 2 is 1.81 bits per heavy atom. The molecule has 5 heteroatoms. The van der Waals surface area contributed by atoms with Gasteiger partial charge in [-0.25, -0.2) is 0 Å². The number of fused-ring (bicyclic) bond motifs is 1. The quantitative estimate of drug-likeness (QED) is 0.598. The van der Waals surface area contributed by atoms with Gasteiger partial charge >= 0.3 is 0 Å². The molecule has 4 rings (SSSR count). The first-order valence-corrected chi connectivity index (χ1v) is 9.32. The Labute approximate surface area is 160 Å². The summed E-state index contributed by atoms with van der Waals surface area (Å²) in [6.07, 6.45) is 2.29. The molecule has 2 aromatic carbocycles. The normalized spacial score (nSPS) is 13.4. The molecule has 0 spiro atoms. The predicted molar refractivity (Wildman–Crippen MR) is 107 cm³/mol. The van der Waals surface area contributed by atoms with Gasteiger partial charge in [0.25, 0.3) is 5.91 Å². The summed E-state index contributed by atoms with van der Waals surface area (Å²) in [5.41, 5.74) is 9.71. The van der Waals surface area contributed by atoms with Gasteiger partial charge in [-0.1, -0.05) is 52.8 Å². The van der Waals surface area contributed by atoms with Crippen LogP contribution in [0.1, 0.15) is 40.4 Å². The topological polar surface area (TPSA) is 54.0 Å². The number of pyridine rings is 1. The molecule has 0 saturated heterocycles. The minimum atomic E-state index is -0.191. The van der Waals surface area contributed by atoms with E-state index in [0.29, 0.717) is 17.2 Å². The van der Waals surface area contributed by atoms with E-state index in [4.69, 9.17) is 4.98 Å². The molecule has 3 aromatic rings. The van der Waals surface area contributed by atoms with Crippen LogP contribution in [0.2, 0.25) is 0 Å². The van der Waals surface area contributed by atoms with Crippen molar-refractivity contribution in [3.8, 4) is 0 Å². The van der Waals surface area contributed by atoms with Crippen LogP contribution < -0.4 is 10.9 Å². The first-order valence-electron chi connectivity index (χ1n) is 8.53. The van der Waals surface area contributed by atoms with Gasteiger partial charge in [-0.3, -0.25) is 20.6 Å². The van der Waals surface area contributed by atoms with Crippen molar-refractivity contribution in [2.45, 2.75) is 18.8 Å². The van der Waals surface area contributed by atoms with Gasteiger partial charge in [0.15, 0.2) is 0 Å². The molecule has 1 aliphatic carbocycles. The van der Waals surface area contributed by atoms with E-state index in [-0.39, 0.29) is 5.91 Å². The monoisotopic (exact) mass is 407 g/mol. The lowest BCUT2D eigenvalue weighted by Gasteiger charge is -2.13. The molecule has 1 aromatic heterocycles. The first kappa shape index (κ1) is 16.8. The van der Waals surface area contributed by atoms with E-state index in [1.165, 1.54) is 0 Å². The highest BCUT2D eigenvalue weighted by Crippen LogP contribution is 2.40. The van der Waals surface area contributed by atoms with Crippen LogP contribution in [0.25, 0.3) is 16.6 Å². The van der Waals surface area contributed by atoms with Crippen LogP contribution in [0.5, 0.6) is 0 Å². The molecule has 1 heterocycles. The van der Waals surface area contributed by atoms with Crippen molar-refractivity contribution in [3.63, 3.8) is 0 Å². The van der Waals surface area contributed by atoms with Crippen LogP contribution in [-0.2, 0) is 0 Å². The molecule has 0 unspecified atom stereocenters. The van der Waals surface area contributed by atoms with E-state index >= 15 is 0 Å². The van der Waals surface area contributed by atoms with E-state index in [1.807, 2.05) is 54.6 Å². The van der Waals surface area contributed by atoms with Crippen molar-refractivity contribution in [1.82, 2.24) is 15.8 Å². The number of benzene rings is 2. The Morgan fingerprint density at radius 3 is 2.54 bits per heavy atom. The number of hydrogen-bond donors (Lipinski definition) is 2. The van der Waals surface area contributed by atoms with Gasteiger partial charge in [0, 0.05) is 21.5 Å². The fourth-order valence-corrected chi connectivity index (χ4v) is 3.16. The van der Waals surface area contributed by atoms with Crippen molar-refractivity contribution in [2.75, 3.05) is 0 Å². The predicted octanol–water partition coefficient (Wildman–Crippen LogP) is 4.78. The number of carbonyl (C=O) groups excluding carboxylic acids is 1. The van der Waals surface area contributed by atoms with Gasteiger partial charge in [0.1, 0.15) is 0 Å². The molecular formula is C21H18BrN3O. The number of nitrogens with zero attached hydrogens (tertiary/aromatic N) is 1. The molecule has 1 saturated carbocycles. The molecule has 130 valence electrons. The van der Waals surface area contributed by atoms with E-state index in [1.54, 1.807) is 0 Å². The van der Waals surface area contributed by atoms with Crippen LogP contribution in [0.15, 0.2) is 65.6 Å². The fraction of sp³-hybridized carbons (Fsp3) is 0.143. The Morgan fingerprint density at radius 1 is 1.08 bits per heavy atom. The lowest BCUT2D eigenvalue weighted by Crippen LogP contribution is -2.36. The van der Waals surface area contributed by atoms with Gasteiger partial charge in [-0.2, -0.15) is 0 Å². The van der Waals surface area contributed by atoms with Crippen molar-refractivity contribution in [2.24, 2.45) is 0 Å². The third-order valence-corrected chi connectivity index (χ3v) is 5.02. The van der Waals surface area contributed by atoms with Gasteiger partial charge in [-0.15, -0.1) is 0 Å². The van der Waals surface area contributed by atoms with E-state index < -0.39 is 0 Å². The van der Waals surface area contributed by atoms with Crippen molar-refractivity contribution in [3.05, 3.63) is 82.5 Å². The Kier molecular flexibility index (Phi) is 4.47. The number of aromatic nitrogens is 1. The standard InChI is InChI=1S/C21H18BrN3O/c1-13(14-8-10-16(22)11-9-14)24-25-21(26)18-12-20(15-6-7-15)23-19-5-3-2-4-17(18)19/h2-5,8-12,15,24H,1,6-7H2,(H,25,26). The third-order valence-electron chi connectivity index (χ3n) is 4.50. The van der Waals surface area contributed by atoms with E-state index in [2.05, 4.69) is 33.4 Å². The smallest absolute Gasteiger partial charge is 0.270 e. The van der Waals surface area contributed by atoms with Gasteiger partial charge < -0.3 is 0 Å². The summed E-state index contributed by atoms with van der Waals surface area (Å²) >= 11 is 3.41. The molecular weight excluding hydrogens is 390 g/mol. The first-order chi connectivity index (χ1) is 12.6. The highest BCUT2D eigenvalue weighted by molar-refractivity contribution is 9.10. The van der Waals surface area contributed by atoms with Crippen molar-refractivity contribution in [1.29, 1.82) is 0 Å². The lowest BCUT2D eigenvalue weighted by atomic mass is 10.1. The highest BCUT2D eigenvalue weighted by Gasteiger charge is 2.26. The van der Waals surface area contributed by atoms with E-state index in [0.717, 1.165) is 39.5 Å². The Bertz CT molecular complexity index is 994. The van der Waals surface area contributed by atoms with Crippen LogP contribution in [0.3, 0.4) is 0 Å². The summed E-state index contributed by atoms with van der Waals surface area (Å²) in [6.45, 7) is 3.98. The molecule has 0 radical (unpaired) electrons. The van der Waals surface area contributed by atoms with Crippen LogP contribution >= 0.6 is 15.9 Å². The maximum absolute atomic E-state index is 12.8. The Balaban J connectivity index is 1.56. The number of carbonyl (C=O) groups is 1. The zero-order valence-corrected chi connectivity index (χ0v) is 15.7. The molecule has 1 amide bonds. The summed E-state index contributed by atoms with van der Waals surface area (Å²) in [7, 11) is 0. The third kappa shape index (κ3) is 3.48. The zero-order valence-electron chi connectivity index (χ0n) is 14.1. The number of nitrogens with one attached hydrogen (secondary N) is 2. The summed E-state index contributed by atoms with van der Waals surface area (Å²) in [5, 5.41) is 0.852. The van der Waals surface area contributed by atoms with Crippen LogP contribution in [-0.4, -0.2) is 10.9 Å². The molecule has 0 aliphatic heterocycles. The molecule has 26 heavy (non-hydrogen) atoms. The van der Waals surface area contributed by atoms with Gasteiger partial charge in [0.05, 0.1) is 16.8 Å². The second-order valence-electron chi connectivity index (χ2n) is 6.45. The molecule has 0 atom stereocenters. The number of halogens is 1. The lowest BCUT2D eigenvalue weighted by molar-refractivity contribution is 0.0944. The second kappa shape index (κ2) is 6.92. The summed E-state index contributed by atoms with van der Waals surface area (Å²) < 4.78 is 0.994. The van der Waals surface area contributed by atoms with Crippen molar-refractivity contribution < 1.29 is 4.79 Å². The fourth-order valence-electron chi connectivity index (χ4n) is 2.89. The maximum atomic E-state index is 12.8. The van der Waals surface area contributed by atoms with Gasteiger partial charge in [0.2, 0.25) is 0 Å². The van der Waals surface area contributed by atoms with Gasteiger partial charge in [-0.05, 0) is 42.7 Å². The SMILES string of the molecule is C=C(NNC(=O)c1cc(C2CC2)nc2ccccc12)c1ccc(Br)cc1. The van der Waals surface area contributed by atoms with E-state index in [9.17, 15) is 4.79 Å². The molecule has 1 fully saturated rings. The number of rotatable bonds is 5. The summed E-state index contributed by atoms with van der Waals surface area (Å²) in [6, 6.07) is 17.4. The number of para-hydroxylation sites is 1. The molecule has 1 aliphatic rings. The second-order valence-corrected chi connectivity index (χ2v) is 7.37. The van der Waals surface area contributed by atoms with Crippen molar-refractivity contribution >= 4 is 38.4 Å². The summed E-state index contributed by atoms with van der Waals surface area (Å²) in [5.74, 6) is 0.292. The number of hydrazine groups is 1. The Hall–Kier alpha value is -2.66. The molecule has 4 nitrogen and oxygen atoms in total. The summed E-state index contributed by atoms with van der Waals surface area (Å²) in [4.78, 5) is 17.5. The van der Waals surface area contributed by atoms with Crippen LogP contribution in [0.4, 0.5) is 0 Å². The zero-order chi connectivity index (χ0) is 18.1.